The summed E-state index contributed by atoms with van der Waals surface area (Å²) in [7, 11) is 0. The number of hydrogen-bond acceptors (Lipinski definition) is 3. The molecule has 110 valence electrons. The number of nitrogens with one attached hydrogen (secondary N) is 3. The molecule has 21 heavy (non-hydrogen) atoms. The molecule has 2 rings (SSSR count). The third-order valence-corrected chi connectivity index (χ3v) is 2.94. The molecule has 0 atom stereocenters. The summed E-state index contributed by atoms with van der Waals surface area (Å²) < 4.78 is 0. The standard InChI is InChI=1S/C15H18N4O2/c20-14(17-8-6-13-10-16-11-19-13)7-9-18-15(21)12-4-2-1-3-5-12/h1-5,10-11H,6-9H2,(H,16,19)(H,17,20)(H,18,21). The van der Waals surface area contributed by atoms with Crippen LogP contribution in [-0.4, -0.2) is 34.9 Å². The third-order valence-electron chi connectivity index (χ3n) is 2.94. The van der Waals surface area contributed by atoms with Gasteiger partial charge in [-0.25, -0.2) is 4.98 Å². The van der Waals surface area contributed by atoms with Crippen molar-refractivity contribution in [3.63, 3.8) is 0 Å². The lowest BCUT2D eigenvalue weighted by Crippen LogP contribution is -2.31. The van der Waals surface area contributed by atoms with Crippen LogP contribution in [0.5, 0.6) is 0 Å². The van der Waals surface area contributed by atoms with Crippen LogP contribution in [0.4, 0.5) is 0 Å². The highest BCUT2D eigenvalue weighted by Crippen LogP contribution is 1.97. The summed E-state index contributed by atoms with van der Waals surface area (Å²) in [5.41, 5.74) is 1.57. The van der Waals surface area contributed by atoms with Gasteiger partial charge in [-0.3, -0.25) is 9.59 Å². The van der Waals surface area contributed by atoms with Crippen LogP contribution in [-0.2, 0) is 11.2 Å². The second-order valence-corrected chi connectivity index (χ2v) is 4.55. The van der Waals surface area contributed by atoms with E-state index in [2.05, 4.69) is 20.6 Å². The van der Waals surface area contributed by atoms with Gasteiger partial charge in [-0.1, -0.05) is 18.2 Å². The lowest BCUT2D eigenvalue weighted by atomic mass is 10.2. The summed E-state index contributed by atoms with van der Waals surface area (Å²) in [6, 6.07) is 8.93. The van der Waals surface area contributed by atoms with Gasteiger partial charge in [0, 0.05) is 43.4 Å². The average Bonchev–Trinajstić information content (AvgIpc) is 3.01. The Labute approximate surface area is 123 Å². The van der Waals surface area contributed by atoms with Crippen LogP contribution >= 0.6 is 0 Å². The molecule has 0 fully saturated rings. The number of amides is 2. The zero-order chi connectivity index (χ0) is 14.9. The molecule has 0 saturated carbocycles. The molecule has 2 amide bonds. The van der Waals surface area contributed by atoms with Crippen LogP contribution in [0.2, 0.25) is 0 Å². The molecule has 6 nitrogen and oxygen atoms in total. The molecule has 0 aliphatic heterocycles. The number of nitrogens with zero attached hydrogens (tertiary/aromatic N) is 1. The van der Waals surface area contributed by atoms with Crippen molar-refractivity contribution in [2.75, 3.05) is 13.1 Å². The molecule has 2 aromatic rings. The van der Waals surface area contributed by atoms with Crippen molar-refractivity contribution in [2.24, 2.45) is 0 Å². The number of carbonyl (C=O) groups is 2. The Bertz CT molecular complexity index is 567. The summed E-state index contributed by atoms with van der Waals surface area (Å²) in [6.07, 6.45) is 4.31. The molecule has 0 bridgehead atoms. The highest BCUT2D eigenvalue weighted by atomic mass is 16.2. The maximum absolute atomic E-state index is 11.7. The molecule has 1 heterocycles. The van der Waals surface area contributed by atoms with Crippen LogP contribution in [0.15, 0.2) is 42.9 Å². The van der Waals surface area contributed by atoms with Crippen molar-refractivity contribution in [1.29, 1.82) is 0 Å². The monoisotopic (exact) mass is 286 g/mol. The number of benzene rings is 1. The second-order valence-electron chi connectivity index (χ2n) is 4.55. The summed E-state index contributed by atoms with van der Waals surface area (Å²) in [4.78, 5) is 30.2. The predicted octanol–water partition coefficient (Wildman–Crippen LogP) is 0.888. The zero-order valence-corrected chi connectivity index (χ0v) is 11.6. The smallest absolute Gasteiger partial charge is 0.251 e. The average molecular weight is 286 g/mol. The van der Waals surface area contributed by atoms with Gasteiger partial charge in [-0.05, 0) is 12.1 Å². The van der Waals surface area contributed by atoms with Crippen LogP contribution in [0.3, 0.4) is 0 Å². The Morgan fingerprint density at radius 3 is 2.62 bits per heavy atom. The molecule has 0 saturated heterocycles. The Morgan fingerprint density at radius 1 is 1.10 bits per heavy atom. The van der Waals surface area contributed by atoms with E-state index in [0.717, 1.165) is 5.69 Å². The first kappa shape index (κ1) is 14.8. The summed E-state index contributed by atoms with van der Waals surface area (Å²) in [6.45, 7) is 0.872. The first-order chi connectivity index (χ1) is 10.3. The van der Waals surface area contributed by atoms with E-state index in [1.165, 1.54) is 0 Å². The van der Waals surface area contributed by atoms with Gasteiger partial charge in [-0.15, -0.1) is 0 Å². The Kier molecular flexibility index (Phi) is 5.51. The largest absolute Gasteiger partial charge is 0.356 e. The van der Waals surface area contributed by atoms with Crippen LogP contribution in [0, 0.1) is 0 Å². The van der Waals surface area contributed by atoms with E-state index in [0.29, 0.717) is 25.1 Å². The number of carbonyl (C=O) groups excluding carboxylic acids is 2. The first-order valence-electron chi connectivity index (χ1n) is 6.83. The maximum Gasteiger partial charge on any atom is 0.251 e. The Hall–Kier alpha value is -2.63. The fourth-order valence-corrected chi connectivity index (χ4v) is 1.83. The summed E-state index contributed by atoms with van der Waals surface area (Å²) in [5.74, 6) is -0.247. The zero-order valence-electron chi connectivity index (χ0n) is 11.6. The minimum atomic E-state index is -0.166. The molecule has 0 unspecified atom stereocenters. The molecular formula is C15H18N4O2. The molecule has 0 aliphatic carbocycles. The SMILES string of the molecule is O=C(CCNC(=O)c1ccccc1)NCCc1cnc[nH]1. The highest BCUT2D eigenvalue weighted by molar-refractivity contribution is 5.94. The van der Waals surface area contributed by atoms with E-state index < -0.39 is 0 Å². The van der Waals surface area contributed by atoms with Gasteiger partial charge >= 0.3 is 0 Å². The molecule has 1 aromatic heterocycles. The van der Waals surface area contributed by atoms with Crippen molar-refractivity contribution in [2.45, 2.75) is 12.8 Å². The quantitative estimate of drug-likeness (QED) is 0.706. The van der Waals surface area contributed by atoms with E-state index in [4.69, 9.17) is 0 Å². The van der Waals surface area contributed by atoms with Crippen molar-refractivity contribution in [3.05, 3.63) is 54.1 Å². The minimum Gasteiger partial charge on any atom is -0.356 e. The van der Waals surface area contributed by atoms with Gasteiger partial charge in [0.15, 0.2) is 0 Å². The predicted molar refractivity (Wildman–Crippen MR) is 78.7 cm³/mol. The minimum absolute atomic E-state index is 0.0807. The van der Waals surface area contributed by atoms with Crippen LogP contribution < -0.4 is 10.6 Å². The van der Waals surface area contributed by atoms with E-state index >= 15 is 0 Å². The van der Waals surface area contributed by atoms with Gasteiger partial charge in [0.25, 0.3) is 5.91 Å². The molecular weight excluding hydrogens is 268 g/mol. The Morgan fingerprint density at radius 2 is 1.90 bits per heavy atom. The lowest BCUT2D eigenvalue weighted by molar-refractivity contribution is -0.120. The molecule has 0 radical (unpaired) electrons. The summed E-state index contributed by atoms with van der Waals surface area (Å²) >= 11 is 0. The van der Waals surface area contributed by atoms with Gasteiger partial charge in [-0.2, -0.15) is 0 Å². The van der Waals surface area contributed by atoms with Crippen LogP contribution in [0.1, 0.15) is 22.5 Å². The molecule has 6 heteroatoms. The molecule has 3 N–H and O–H groups in total. The van der Waals surface area contributed by atoms with Gasteiger partial charge in [0.1, 0.15) is 0 Å². The van der Waals surface area contributed by atoms with Gasteiger partial charge < -0.3 is 15.6 Å². The number of imidazole rings is 1. The van der Waals surface area contributed by atoms with E-state index in [-0.39, 0.29) is 18.2 Å². The fraction of sp³-hybridized carbons (Fsp3) is 0.267. The normalized spacial score (nSPS) is 10.1. The van der Waals surface area contributed by atoms with E-state index in [1.807, 2.05) is 6.07 Å². The fourth-order valence-electron chi connectivity index (χ4n) is 1.83. The number of hydrogen-bond donors (Lipinski definition) is 3. The lowest BCUT2D eigenvalue weighted by Gasteiger charge is -2.06. The molecule has 1 aromatic carbocycles. The van der Waals surface area contributed by atoms with Gasteiger partial charge in [0.2, 0.25) is 5.91 Å². The number of H-pyrrole nitrogens is 1. The summed E-state index contributed by atoms with van der Waals surface area (Å²) in [5, 5.41) is 5.51. The van der Waals surface area contributed by atoms with Crippen molar-refractivity contribution < 1.29 is 9.59 Å². The van der Waals surface area contributed by atoms with E-state index in [9.17, 15) is 9.59 Å². The number of rotatable bonds is 7. The molecule has 0 spiro atoms. The second kappa shape index (κ2) is 7.84. The molecule has 0 aliphatic rings. The Balaban J connectivity index is 1.60. The number of aromatic nitrogens is 2. The first-order valence-corrected chi connectivity index (χ1v) is 6.83. The third kappa shape index (κ3) is 5.10. The van der Waals surface area contributed by atoms with Crippen molar-refractivity contribution >= 4 is 11.8 Å². The number of aromatic amines is 1. The van der Waals surface area contributed by atoms with Crippen molar-refractivity contribution in [3.8, 4) is 0 Å². The van der Waals surface area contributed by atoms with Gasteiger partial charge in [0.05, 0.1) is 6.33 Å². The van der Waals surface area contributed by atoms with Crippen LogP contribution in [0.25, 0.3) is 0 Å². The van der Waals surface area contributed by atoms with E-state index in [1.54, 1.807) is 36.8 Å². The topological polar surface area (TPSA) is 86.9 Å². The van der Waals surface area contributed by atoms with Crippen molar-refractivity contribution in [1.82, 2.24) is 20.6 Å². The maximum atomic E-state index is 11.7. The highest BCUT2D eigenvalue weighted by Gasteiger charge is 2.05.